The number of rotatable bonds is 7. The van der Waals surface area contributed by atoms with E-state index in [-0.39, 0.29) is 5.91 Å². The zero-order valence-electron chi connectivity index (χ0n) is 16.1. The minimum Gasteiger partial charge on any atom is -0.495 e. The summed E-state index contributed by atoms with van der Waals surface area (Å²) in [6.45, 7) is 1.92. The van der Waals surface area contributed by atoms with E-state index in [4.69, 9.17) is 9.47 Å². The Kier molecular flexibility index (Phi) is 6.14. The molecule has 6 heteroatoms. The molecule has 0 heterocycles. The Morgan fingerprint density at radius 3 is 2.28 bits per heavy atom. The van der Waals surface area contributed by atoms with Crippen molar-refractivity contribution in [2.45, 2.75) is 13.0 Å². The number of hydrogen-bond acceptors (Lipinski definition) is 4. The maximum absolute atomic E-state index is 12.6. The minimum atomic E-state index is -1.13. The number of nitrogens with one attached hydrogen (secondary N) is 1. The second kappa shape index (κ2) is 8.93. The highest BCUT2D eigenvalue weighted by atomic mass is 16.5. The van der Waals surface area contributed by atoms with Crippen LogP contribution in [0, 0.1) is 6.92 Å². The molecule has 3 aromatic carbocycles. The smallest absolute Gasteiger partial charge is 0.349 e. The molecule has 1 atom stereocenters. The third-order valence-electron chi connectivity index (χ3n) is 4.30. The standard InChI is InChI=1S/C23H21NO5/c1-15-8-13-20(28-2)19(14-15)24-22(25)17-9-11-18(12-10-17)29-21(23(26)27)16-6-4-3-5-7-16/h3-14,21H,1-2H3,(H,24,25)(H,26,27). The Labute approximate surface area is 168 Å². The van der Waals surface area contributed by atoms with E-state index in [1.54, 1.807) is 60.7 Å². The van der Waals surface area contributed by atoms with Gasteiger partial charge in [-0.05, 0) is 48.9 Å². The summed E-state index contributed by atoms with van der Waals surface area (Å²) in [5.74, 6) is -0.482. The molecule has 1 amide bonds. The molecule has 29 heavy (non-hydrogen) atoms. The van der Waals surface area contributed by atoms with Gasteiger partial charge in [0, 0.05) is 11.1 Å². The molecule has 2 N–H and O–H groups in total. The summed E-state index contributed by atoms with van der Waals surface area (Å²) in [7, 11) is 1.54. The predicted molar refractivity (Wildman–Crippen MR) is 110 cm³/mol. The molecule has 3 rings (SSSR count). The summed E-state index contributed by atoms with van der Waals surface area (Å²) in [4.78, 5) is 24.1. The fraction of sp³-hybridized carbons (Fsp3) is 0.130. The lowest BCUT2D eigenvalue weighted by Gasteiger charge is -2.16. The second-order valence-corrected chi connectivity index (χ2v) is 6.43. The molecule has 0 saturated carbocycles. The molecule has 0 spiro atoms. The molecule has 0 saturated heterocycles. The van der Waals surface area contributed by atoms with Crippen molar-refractivity contribution in [1.29, 1.82) is 0 Å². The van der Waals surface area contributed by atoms with Gasteiger partial charge in [-0.2, -0.15) is 0 Å². The molecule has 1 unspecified atom stereocenters. The van der Waals surface area contributed by atoms with Gasteiger partial charge in [0.2, 0.25) is 6.10 Å². The quantitative estimate of drug-likeness (QED) is 0.621. The van der Waals surface area contributed by atoms with Crippen LogP contribution in [0.3, 0.4) is 0 Å². The largest absolute Gasteiger partial charge is 0.495 e. The van der Waals surface area contributed by atoms with Gasteiger partial charge in [-0.3, -0.25) is 4.79 Å². The average Bonchev–Trinajstić information content (AvgIpc) is 2.73. The number of ether oxygens (including phenoxy) is 2. The average molecular weight is 391 g/mol. The van der Waals surface area contributed by atoms with Crippen LogP contribution in [0.5, 0.6) is 11.5 Å². The Bertz CT molecular complexity index is 1000. The number of anilines is 1. The molecule has 0 fully saturated rings. The van der Waals surface area contributed by atoms with E-state index in [1.807, 2.05) is 19.1 Å². The van der Waals surface area contributed by atoms with Gasteiger partial charge in [0.15, 0.2) is 0 Å². The third kappa shape index (κ3) is 4.93. The van der Waals surface area contributed by atoms with Crippen molar-refractivity contribution in [3.8, 4) is 11.5 Å². The van der Waals surface area contributed by atoms with Gasteiger partial charge in [0.1, 0.15) is 11.5 Å². The maximum atomic E-state index is 12.6. The number of carboxylic acid groups (broad SMARTS) is 1. The van der Waals surface area contributed by atoms with Crippen LogP contribution >= 0.6 is 0 Å². The van der Waals surface area contributed by atoms with Crippen LogP contribution in [0.2, 0.25) is 0 Å². The monoisotopic (exact) mass is 391 g/mol. The van der Waals surface area contributed by atoms with Crippen molar-refractivity contribution in [3.05, 3.63) is 89.5 Å². The summed E-state index contributed by atoms with van der Waals surface area (Å²) < 4.78 is 10.9. The molecule has 0 radical (unpaired) electrons. The van der Waals surface area contributed by atoms with Crippen LogP contribution in [-0.4, -0.2) is 24.1 Å². The molecule has 6 nitrogen and oxygen atoms in total. The Balaban J connectivity index is 1.73. The van der Waals surface area contributed by atoms with Gasteiger partial charge >= 0.3 is 5.97 Å². The van der Waals surface area contributed by atoms with E-state index < -0.39 is 12.1 Å². The number of amides is 1. The first kappa shape index (κ1) is 19.9. The topological polar surface area (TPSA) is 84.9 Å². The van der Waals surface area contributed by atoms with E-state index >= 15 is 0 Å². The molecule has 0 aliphatic rings. The van der Waals surface area contributed by atoms with E-state index in [0.717, 1.165) is 5.56 Å². The Morgan fingerprint density at radius 1 is 0.966 bits per heavy atom. The van der Waals surface area contributed by atoms with Crippen molar-refractivity contribution in [2.75, 3.05) is 12.4 Å². The first-order valence-electron chi connectivity index (χ1n) is 8.98. The minimum absolute atomic E-state index is 0.307. The lowest BCUT2D eigenvalue weighted by Crippen LogP contribution is -2.18. The van der Waals surface area contributed by atoms with Gasteiger partial charge in [-0.1, -0.05) is 36.4 Å². The lowest BCUT2D eigenvalue weighted by molar-refractivity contribution is -0.145. The zero-order valence-corrected chi connectivity index (χ0v) is 16.1. The number of methoxy groups -OCH3 is 1. The normalized spacial score (nSPS) is 11.4. The van der Waals surface area contributed by atoms with Crippen molar-refractivity contribution < 1.29 is 24.2 Å². The maximum Gasteiger partial charge on any atom is 0.349 e. The second-order valence-electron chi connectivity index (χ2n) is 6.43. The van der Waals surface area contributed by atoms with E-state index in [2.05, 4.69) is 5.32 Å². The van der Waals surface area contributed by atoms with E-state index in [9.17, 15) is 14.7 Å². The molecule has 0 bridgehead atoms. The van der Waals surface area contributed by atoms with Crippen LogP contribution in [0.1, 0.15) is 27.6 Å². The van der Waals surface area contributed by atoms with Crippen molar-refractivity contribution >= 4 is 17.6 Å². The first-order chi connectivity index (χ1) is 14.0. The summed E-state index contributed by atoms with van der Waals surface area (Å²) in [5, 5.41) is 12.3. The van der Waals surface area contributed by atoms with Crippen LogP contribution in [0.15, 0.2) is 72.8 Å². The van der Waals surface area contributed by atoms with Crippen LogP contribution in [0.25, 0.3) is 0 Å². The summed E-state index contributed by atoms with van der Waals surface area (Å²) >= 11 is 0. The Morgan fingerprint density at radius 2 is 1.66 bits per heavy atom. The number of hydrogen-bond donors (Lipinski definition) is 2. The van der Waals surface area contributed by atoms with Gasteiger partial charge in [0.25, 0.3) is 5.91 Å². The number of carbonyl (C=O) groups is 2. The predicted octanol–water partition coefficient (Wildman–Crippen LogP) is 4.46. The molecule has 148 valence electrons. The van der Waals surface area contributed by atoms with Crippen LogP contribution < -0.4 is 14.8 Å². The van der Waals surface area contributed by atoms with Crippen LogP contribution in [0.4, 0.5) is 5.69 Å². The first-order valence-corrected chi connectivity index (χ1v) is 8.98. The highest BCUT2D eigenvalue weighted by Crippen LogP contribution is 2.27. The molecule has 3 aromatic rings. The zero-order chi connectivity index (χ0) is 20.8. The third-order valence-corrected chi connectivity index (χ3v) is 4.30. The van der Waals surface area contributed by atoms with Gasteiger partial charge in [-0.25, -0.2) is 4.79 Å². The van der Waals surface area contributed by atoms with Gasteiger partial charge < -0.3 is 19.9 Å². The number of benzene rings is 3. The van der Waals surface area contributed by atoms with Gasteiger partial charge in [-0.15, -0.1) is 0 Å². The number of aliphatic carboxylic acids is 1. The number of carbonyl (C=O) groups excluding carboxylic acids is 1. The van der Waals surface area contributed by atoms with Crippen molar-refractivity contribution in [2.24, 2.45) is 0 Å². The fourth-order valence-corrected chi connectivity index (χ4v) is 2.82. The number of aryl methyl sites for hydroxylation is 1. The fourth-order valence-electron chi connectivity index (χ4n) is 2.82. The Hall–Kier alpha value is -3.80. The van der Waals surface area contributed by atoms with Gasteiger partial charge in [0.05, 0.1) is 12.8 Å². The van der Waals surface area contributed by atoms with Crippen molar-refractivity contribution in [3.63, 3.8) is 0 Å². The molecular formula is C23H21NO5. The van der Waals surface area contributed by atoms with E-state index in [1.165, 1.54) is 7.11 Å². The number of carboxylic acids is 1. The molecule has 0 aliphatic heterocycles. The SMILES string of the molecule is COc1ccc(C)cc1NC(=O)c1ccc(OC(C(=O)O)c2ccccc2)cc1. The highest BCUT2D eigenvalue weighted by molar-refractivity contribution is 6.05. The highest BCUT2D eigenvalue weighted by Gasteiger charge is 2.21. The summed E-state index contributed by atoms with van der Waals surface area (Å²) in [6.07, 6.45) is -1.13. The molecule has 0 aliphatic carbocycles. The van der Waals surface area contributed by atoms with Crippen molar-refractivity contribution in [1.82, 2.24) is 0 Å². The van der Waals surface area contributed by atoms with Crippen LogP contribution in [-0.2, 0) is 4.79 Å². The lowest BCUT2D eigenvalue weighted by atomic mass is 10.1. The van der Waals surface area contributed by atoms with E-state index in [0.29, 0.717) is 28.3 Å². The summed E-state index contributed by atoms with van der Waals surface area (Å²) in [6, 6.07) is 20.5. The molecular weight excluding hydrogens is 370 g/mol. The molecule has 0 aromatic heterocycles. The summed E-state index contributed by atoms with van der Waals surface area (Å²) in [5.41, 5.74) is 2.51.